The first-order valence-corrected chi connectivity index (χ1v) is 8.02. The third-order valence-electron chi connectivity index (χ3n) is 5.71. The molecule has 0 saturated heterocycles. The fourth-order valence-corrected chi connectivity index (χ4v) is 5.17. The Morgan fingerprint density at radius 2 is 1.74 bits per heavy atom. The molecule has 102 valence electrons. The number of aromatic nitrogens is 1. The summed E-state index contributed by atoms with van der Waals surface area (Å²) in [5.74, 6) is 4.13. The second kappa shape index (κ2) is 4.90. The van der Waals surface area contributed by atoms with Gasteiger partial charge in [-0.3, -0.25) is 4.98 Å². The van der Waals surface area contributed by atoms with Crippen LogP contribution in [0.5, 0.6) is 0 Å². The molecule has 19 heavy (non-hydrogen) atoms. The minimum Gasteiger partial charge on any atom is -0.313 e. The van der Waals surface area contributed by atoms with Gasteiger partial charge in [-0.15, -0.1) is 0 Å². The summed E-state index contributed by atoms with van der Waals surface area (Å²) in [6, 6.07) is 7.04. The van der Waals surface area contributed by atoms with Crippen molar-refractivity contribution in [2.45, 2.75) is 44.6 Å². The Morgan fingerprint density at radius 3 is 2.37 bits per heavy atom. The van der Waals surface area contributed by atoms with E-state index < -0.39 is 0 Å². The third kappa shape index (κ3) is 2.31. The quantitative estimate of drug-likeness (QED) is 0.895. The molecule has 0 atom stereocenters. The highest BCUT2D eigenvalue weighted by molar-refractivity contribution is 5.05. The first-order valence-electron chi connectivity index (χ1n) is 8.02. The van der Waals surface area contributed by atoms with Crippen molar-refractivity contribution in [2.24, 2.45) is 23.7 Å². The molecule has 4 saturated carbocycles. The summed E-state index contributed by atoms with van der Waals surface area (Å²) in [7, 11) is 0. The van der Waals surface area contributed by atoms with Gasteiger partial charge in [-0.2, -0.15) is 0 Å². The first kappa shape index (κ1) is 11.9. The average Bonchev–Trinajstić information content (AvgIpc) is 2.42. The molecule has 4 aliphatic rings. The Balaban J connectivity index is 1.34. The van der Waals surface area contributed by atoms with Crippen LogP contribution < -0.4 is 5.32 Å². The smallest absolute Gasteiger partial charge is 0.0416 e. The van der Waals surface area contributed by atoms with Gasteiger partial charge in [-0.25, -0.2) is 0 Å². The van der Waals surface area contributed by atoms with Gasteiger partial charge in [0.2, 0.25) is 0 Å². The molecule has 5 rings (SSSR count). The van der Waals surface area contributed by atoms with Gasteiger partial charge in [-0.1, -0.05) is 6.07 Å². The predicted octanol–water partition coefficient (Wildman–Crippen LogP) is 3.04. The predicted molar refractivity (Wildman–Crippen MR) is 76.8 cm³/mol. The Bertz CT molecular complexity index is 400. The van der Waals surface area contributed by atoms with Crippen LogP contribution in [0, 0.1) is 23.7 Å². The lowest BCUT2D eigenvalue weighted by molar-refractivity contribution is -0.0133. The van der Waals surface area contributed by atoms with Gasteiger partial charge < -0.3 is 5.32 Å². The number of hydrogen-bond donors (Lipinski definition) is 1. The average molecular weight is 256 g/mol. The van der Waals surface area contributed by atoms with Gasteiger partial charge in [0.25, 0.3) is 0 Å². The third-order valence-corrected chi connectivity index (χ3v) is 5.71. The van der Waals surface area contributed by atoms with Crippen LogP contribution in [0.3, 0.4) is 0 Å². The van der Waals surface area contributed by atoms with E-state index in [4.69, 9.17) is 0 Å². The van der Waals surface area contributed by atoms with Crippen molar-refractivity contribution in [1.82, 2.24) is 10.3 Å². The Morgan fingerprint density at radius 1 is 1.00 bits per heavy atom. The van der Waals surface area contributed by atoms with E-state index in [1.807, 2.05) is 12.3 Å². The van der Waals surface area contributed by atoms with Gasteiger partial charge in [0.1, 0.15) is 0 Å². The molecular weight excluding hydrogens is 232 g/mol. The van der Waals surface area contributed by atoms with Crippen molar-refractivity contribution >= 4 is 0 Å². The molecule has 0 radical (unpaired) electrons. The molecule has 1 aromatic heterocycles. The lowest BCUT2D eigenvalue weighted by atomic mass is 9.54. The molecule has 0 unspecified atom stereocenters. The number of hydrogen-bond acceptors (Lipinski definition) is 2. The van der Waals surface area contributed by atoms with E-state index in [2.05, 4.69) is 22.4 Å². The molecule has 0 aromatic carbocycles. The van der Waals surface area contributed by atoms with E-state index in [0.29, 0.717) is 0 Å². The number of pyridine rings is 1. The maximum Gasteiger partial charge on any atom is 0.0416 e. The van der Waals surface area contributed by atoms with E-state index in [9.17, 15) is 0 Å². The fraction of sp³-hybridized carbons (Fsp3) is 0.706. The molecule has 4 aliphatic carbocycles. The normalized spacial score (nSPS) is 39.7. The number of nitrogens with zero attached hydrogens (tertiary/aromatic N) is 1. The molecule has 4 bridgehead atoms. The van der Waals surface area contributed by atoms with Gasteiger partial charge in [0.05, 0.1) is 0 Å². The maximum absolute atomic E-state index is 4.41. The minimum absolute atomic E-state index is 0.816. The summed E-state index contributed by atoms with van der Waals surface area (Å²) in [6.45, 7) is 1.10. The van der Waals surface area contributed by atoms with Crippen LogP contribution in [0.4, 0.5) is 0 Å². The fourth-order valence-electron chi connectivity index (χ4n) is 5.17. The molecule has 2 nitrogen and oxygen atoms in total. The van der Waals surface area contributed by atoms with E-state index in [-0.39, 0.29) is 0 Å². The van der Waals surface area contributed by atoms with Crippen LogP contribution in [0.2, 0.25) is 0 Å². The van der Waals surface area contributed by atoms with Crippen molar-refractivity contribution in [3.63, 3.8) is 0 Å². The summed E-state index contributed by atoms with van der Waals surface area (Å²) in [5.41, 5.74) is 1.22. The van der Waals surface area contributed by atoms with Crippen LogP contribution in [0.25, 0.3) is 0 Å². The van der Waals surface area contributed by atoms with Crippen molar-refractivity contribution in [3.05, 3.63) is 30.1 Å². The number of rotatable bonds is 4. The van der Waals surface area contributed by atoms with Crippen molar-refractivity contribution < 1.29 is 0 Å². The summed E-state index contributed by atoms with van der Waals surface area (Å²) < 4.78 is 0. The molecule has 2 heteroatoms. The summed E-state index contributed by atoms with van der Waals surface area (Å²) in [5, 5.41) is 3.87. The molecule has 0 amide bonds. The molecular formula is C17H24N2. The Kier molecular flexibility index (Phi) is 3.07. The van der Waals surface area contributed by atoms with Crippen molar-refractivity contribution in [1.29, 1.82) is 0 Å². The maximum atomic E-state index is 4.41. The van der Waals surface area contributed by atoms with E-state index in [1.165, 1.54) is 31.4 Å². The topological polar surface area (TPSA) is 24.9 Å². The van der Waals surface area contributed by atoms with Crippen molar-refractivity contribution in [2.75, 3.05) is 6.54 Å². The first-order chi connectivity index (χ1) is 9.38. The summed E-state index contributed by atoms with van der Waals surface area (Å²) in [6.07, 6.45) is 10.6. The molecule has 4 fully saturated rings. The molecule has 1 N–H and O–H groups in total. The Labute approximate surface area is 116 Å². The van der Waals surface area contributed by atoms with Gasteiger partial charge >= 0.3 is 0 Å². The van der Waals surface area contributed by atoms with Gasteiger partial charge in [0, 0.05) is 30.9 Å². The zero-order valence-electron chi connectivity index (χ0n) is 11.6. The van der Waals surface area contributed by atoms with E-state index in [0.717, 1.165) is 42.7 Å². The lowest BCUT2D eigenvalue weighted by Gasteiger charge is -2.54. The van der Waals surface area contributed by atoms with Crippen LogP contribution in [0.1, 0.15) is 37.8 Å². The Hall–Kier alpha value is -0.890. The zero-order chi connectivity index (χ0) is 12.7. The largest absolute Gasteiger partial charge is 0.313 e. The number of nitrogens with one attached hydrogen (secondary N) is 1. The van der Waals surface area contributed by atoms with Crippen LogP contribution >= 0.6 is 0 Å². The molecule has 0 spiro atoms. The van der Waals surface area contributed by atoms with Crippen LogP contribution in [-0.4, -0.2) is 17.6 Å². The SMILES string of the molecule is c1ccc(CCNC2C3CC4CC(C3)CC2C4)nc1. The summed E-state index contributed by atoms with van der Waals surface area (Å²) in [4.78, 5) is 4.41. The van der Waals surface area contributed by atoms with Crippen LogP contribution in [0.15, 0.2) is 24.4 Å². The highest BCUT2D eigenvalue weighted by Gasteiger charge is 2.47. The van der Waals surface area contributed by atoms with Gasteiger partial charge in [-0.05, 0) is 67.9 Å². The highest BCUT2D eigenvalue weighted by Crippen LogP contribution is 2.53. The minimum atomic E-state index is 0.816. The molecule has 1 aromatic rings. The van der Waals surface area contributed by atoms with Crippen LogP contribution in [-0.2, 0) is 6.42 Å². The van der Waals surface area contributed by atoms with E-state index >= 15 is 0 Å². The van der Waals surface area contributed by atoms with E-state index in [1.54, 1.807) is 6.42 Å². The molecule has 0 aliphatic heterocycles. The summed E-state index contributed by atoms with van der Waals surface area (Å²) >= 11 is 0. The second-order valence-electron chi connectivity index (χ2n) is 6.98. The van der Waals surface area contributed by atoms with Crippen molar-refractivity contribution in [3.8, 4) is 0 Å². The lowest BCUT2D eigenvalue weighted by Crippen LogP contribution is -2.54. The van der Waals surface area contributed by atoms with Gasteiger partial charge in [0.15, 0.2) is 0 Å². The monoisotopic (exact) mass is 256 g/mol. The zero-order valence-corrected chi connectivity index (χ0v) is 11.6. The molecule has 1 heterocycles. The second-order valence-corrected chi connectivity index (χ2v) is 6.98. The standard InChI is InChI=1S/C17H24N2/c1-2-5-18-16(3-1)4-6-19-17-14-8-12-7-13(10-14)11-15(17)9-12/h1-3,5,12-15,17,19H,4,6-11H2. The highest BCUT2D eigenvalue weighted by atomic mass is 14.9.